The topological polar surface area (TPSA) is 41.6 Å². The van der Waals surface area contributed by atoms with Gasteiger partial charge in [0.1, 0.15) is 0 Å². The number of rotatable bonds is 3. The third-order valence-corrected chi connectivity index (χ3v) is 3.64. The van der Waals surface area contributed by atoms with Crippen molar-refractivity contribution >= 4 is 29.9 Å². The summed E-state index contributed by atoms with van der Waals surface area (Å²) >= 11 is 0. The number of piperidine rings is 1. The first-order chi connectivity index (χ1) is 9.97. The number of aliphatic imine (C=N–C) groups is 1. The molecule has 0 saturated carbocycles. The molecule has 1 aliphatic heterocycles. The van der Waals surface area contributed by atoms with Crippen molar-refractivity contribution in [2.24, 2.45) is 10.7 Å². The monoisotopic (exact) mass is 427 g/mol. The van der Waals surface area contributed by atoms with E-state index in [2.05, 4.69) is 9.89 Å². The highest BCUT2D eigenvalue weighted by Gasteiger charge is 2.29. The van der Waals surface area contributed by atoms with E-state index in [1.54, 1.807) is 0 Å². The molecule has 1 aromatic carbocycles. The molecule has 0 spiro atoms. The van der Waals surface area contributed by atoms with Gasteiger partial charge in [0, 0.05) is 19.6 Å². The van der Waals surface area contributed by atoms with E-state index in [-0.39, 0.29) is 24.0 Å². The molecule has 3 nitrogen and oxygen atoms in total. The Bertz CT molecular complexity index is 480. The predicted octanol–water partition coefficient (Wildman–Crippen LogP) is 3.67. The molecule has 0 bridgehead atoms. The van der Waals surface area contributed by atoms with E-state index in [1.807, 2.05) is 0 Å². The van der Waals surface area contributed by atoms with E-state index in [0.717, 1.165) is 43.6 Å². The Balaban J connectivity index is 0.00000242. The van der Waals surface area contributed by atoms with Crippen molar-refractivity contribution in [3.05, 3.63) is 35.4 Å². The molecular weight excluding hydrogens is 406 g/mol. The van der Waals surface area contributed by atoms with Crippen molar-refractivity contribution in [1.29, 1.82) is 0 Å². The smallest absolute Gasteiger partial charge is 0.370 e. The first kappa shape index (κ1) is 19.1. The van der Waals surface area contributed by atoms with Crippen LogP contribution in [-0.4, -0.2) is 30.5 Å². The number of alkyl halides is 3. The first-order valence-corrected chi connectivity index (χ1v) is 7.18. The van der Waals surface area contributed by atoms with E-state index in [4.69, 9.17) is 5.73 Å². The summed E-state index contributed by atoms with van der Waals surface area (Å²) in [5, 5.41) is 0. The Morgan fingerprint density at radius 2 is 1.68 bits per heavy atom. The Hall–Kier alpha value is -0.990. The van der Waals surface area contributed by atoms with Gasteiger partial charge in [0.05, 0.1) is 5.56 Å². The minimum absolute atomic E-state index is 0. The minimum atomic E-state index is -4.28. The minimum Gasteiger partial charge on any atom is -0.370 e. The molecule has 2 N–H and O–H groups in total. The first-order valence-electron chi connectivity index (χ1n) is 7.18. The largest absolute Gasteiger partial charge is 0.416 e. The van der Waals surface area contributed by atoms with Gasteiger partial charge in [-0.3, -0.25) is 4.99 Å². The normalized spacial score (nSPS) is 16.3. The molecule has 1 aromatic rings. The number of likely N-dealkylation sites (tertiary alicyclic amines) is 1. The number of nitrogens with zero attached hydrogens (tertiary/aromatic N) is 2. The van der Waals surface area contributed by atoms with Crippen LogP contribution in [-0.2, 0) is 12.6 Å². The van der Waals surface area contributed by atoms with Crippen LogP contribution in [0.5, 0.6) is 0 Å². The highest BCUT2D eigenvalue weighted by Crippen LogP contribution is 2.29. The van der Waals surface area contributed by atoms with Gasteiger partial charge in [0.2, 0.25) is 0 Å². The van der Waals surface area contributed by atoms with Crippen molar-refractivity contribution in [2.45, 2.75) is 31.9 Å². The zero-order valence-electron chi connectivity index (χ0n) is 12.3. The maximum Gasteiger partial charge on any atom is 0.416 e. The van der Waals surface area contributed by atoms with Crippen LogP contribution < -0.4 is 5.73 Å². The molecule has 0 atom stereocenters. The highest BCUT2D eigenvalue weighted by molar-refractivity contribution is 14.0. The van der Waals surface area contributed by atoms with Crippen LogP contribution in [0.4, 0.5) is 13.2 Å². The number of halogens is 4. The van der Waals surface area contributed by atoms with Crippen LogP contribution in [0.1, 0.15) is 30.4 Å². The molecule has 124 valence electrons. The lowest BCUT2D eigenvalue weighted by Gasteiger charge is -2.27. The molecule has 1 saturated heterocycles. The van der Waals surface area contributed by atoms with Crippen LogP contribution in [0.3, 0.4) is 0 Å². The van der Waals surface area contributed by atoms with Crippen LogP contribution in [0, 0.1) is 0 Å². The van der Waals surface area contributed by atoms with E-state index in [9.17, 15) is 13.2 Å². The molecule has 1 fully saturated rings. The average molecular weight is 427 g/mol. The lowest BCUT2D eigenvalue weighted by atomic mass is 10.1. The fraction of sp³-hybridized carbons (Fsp3) is 0.533. The zero-order valence-corrected chi connectivity index (χ0v) is 14.6. The summed E-state index contributed by atoms with van der Waals surface area (Å²) in [4.78, 5) is 6.38. The van der Waals surface area contributed by atoms with Gasteiger partial charge >= 0.3 is 6.18 Å². The fourth-order valence-electron chi connectivity index (χ4n) is 2.38. The number of hydrogen-bond donors (Lipinski definition) is 1. The summed E-state index contributed by atoms with van der Waals surface area (Å²) in [6.07, 6.45) is -0.193. The molecule has 0 amide bonds. The van der Waals surface area contributed by atoms with E-state index in [0.29, 0.717) is 18.9 Å². The second-order valence-corrected chi connectivity index (χ2v) is 5.23. The van der Waals surface area contributed by atoms with E-state index < -0.39 is 11.7 Å². The van der Waals surface area contributed by atoms with Gasteiger partial charge in [-0.2, -0.15) is 13.2 Å². The highest BCUT2D eigenvalue weighted by atomic mass is 127. The standard InChI is InChI=1S/C15H20F3N3.HI/c16-15(17,18)13-6-4-12(5-7-13)8-9-20-14(19)21-10-2-1-3-11-21;/h4-7H,1-3,8-11H2,(H2,19,20);1H. The van der Waals surface area contributed by atoms with Crippen molar-refractivity contribution in [2.75, 3.05) is 19.6 Å². The van der Waals surface area contributed by atoms with Gasteiger partial charge in [0.15, 0.2) is 5.96 Å². The van der Waals surface area contributed by atoms with E-state index in [1.165, 1.54) is 18.6 Å². The fourth-order valence-corrected chi connectivity index (χ4v) is 2.38. The van der Waals surface area contributed by atoms with Gasteiger partial charge in [-0.25, -0.2) is 0 Å². The number of benzene rings is 1. The quantitative estimate of drug-likeness (QED) is 0.455. The Morgan fingerprint density at radius 1 is 1.09 bits per heavy atom. The van der Waals surface area contributed by atoms with Crippen LogP contribution in [0.25, 0.3) is 0 Å². The summed E-state index contributed by atoms with van der Waals surface area (Å²) < 4.78 is 37.3. The molecule has 2 rings (SSSR count). The van der Waals surface area contributed by atoms with Crippen LogP contribution >= 0.6 is 24.0 Å². The summed E-state index contributed by atoms with van der Waals surface area (Å²) in [5.41, 5.74) is 6.13. The van der Waals surface area contributed by atoms with Crippen LogP contribution in [0.2, 0.25) is 0 Å². The molecule has 0 aromatic heterocycles. The van der Waals surface area contributed by atoms with Crippen molar-refractivity contribution in [3.63, 3.8) is 0 Å². The van der Waals surface area contributed by atoms with Crippen molar-refractivity contribution in [3.8, 4) is 0 Å². The predicted molar refractivity (Wildman–Crippen MR) is 92.5 cm³/mol. The Morgan fingerprint density at radius 3 is 2.23 bits per heavy atom. The summed E-state index contributed by atoms with van der Waals surface area (Å²) in [5.74, 6) is 0.543. The van der Waals surface area contributed by atoms with Crippen molar-refractivity contribution in [1.82, 2.24) is 4.90 Å². The number of guanidine groups is 1. The van der Waals surface area contributed by atoms with Gasteiger partial charge in [-0.1, -0.05) is 12.1 Å². The second-order valence-electron chi connectivity index (χ2n) is 5.23. The summed E-state index contributed by atoms with van der Waals surface area (Å²) in [7, 11) is 0. The molecule has 0 radical (unpaired) electrons. The lowest BCUT2D eigenvalue weighted by molar-refractivity contribution is -0.137. The third-order valence-electron chi connectivity index (χ3n) is 3.64. The zero-order chi connectivity index (χ0) is 15.3. The molecular formula is C15H21F3IN3. The molecule has 22 heavy (non-hydrogen) atoms. The third kappa shape index (κ3) is 5.66. The van der Waals surface area contributed by atoms with E-state index >= 15 is 0 Å². The number of hydrogen-bond acceptors (Lipinski definition) is 1. The molecule has 1 aliphatic rings. The van der Waals surface area contributed by atoms with Crippen molar-refractivity contribution < 1.29 is 13.2 Å². The van der Waals surface area contributed by atoms with Crippen LogP contribution in [0.15, 0.2) is 29.3 Å². The Labute approximate surface area is 145 Å². The van der Waals surface area contributed by atoms with Gasteiger partial charge in [-0.05, 0) is 43.4 Å². The van der Waals surface area contributed by atoms with Gasteiger partial charge in [-0.15, -0.1) is 24.0 Å². The second kappa shape index (κ2) is 8.59. The van der Waals surface area contributed by atoms with Gasteiger partial charge < -0.3 is 10.6 Å². The molecule has 0 aliphatic carbocycles. The molecule has 0 unspecified atom stereocenters. The van der Waals surface area contributed by atoms with Gasteiger partial charge in [0.25, 0.3) is 0 Å². The summed E-state index contributed by atoms with van der Waals surface area (Å²) in [6, 6.07) is 5.20. The maximum absolute atomic E-state index is 12.4. The lowest BCUT2D eigenvalue weighted by Crippen LogP contribution is -2.41. The molecule has 7 heteroatoms. The summed E-state index contributed by atoms with van der Waals surface area (Å²) in [6.45, 7) is 2.37. The molecule has 1 heterocycles. The number of nitrogens with two attached hydrogens (primary N) is 1. The average Bonchev–Trinajstić information content (AvgIpc) is 2.47. The Kier molecular flexibility index (Phi) is 7.44. The SMILES string of the molecule is I.NC(=NCCc1ccc(C(F)(F)F)cc1)N1CCCCC1. The maximum atomic E-state index is 12.4.